The monoisotopic (exact) mass is 323 g/mol. The van der Waals surface area contributed by atoms with Gasteiger partial charge in [-0.2, -0.15) is 4.98 Å². The van der Waals surface area contributed by atoms with E-state index in [-0.39, 0.29) is 27.5 Å². The third kappa shape index (κ3) is 2.72. The first kappa shape index (κ1) is 13.5. The van der Waals surface area contributed by atoms with Crippen LogP contribution in [0.15, 0.2) is 18.5 Å². The molecule has 0 bridgehead atoms. The number of nitrogens with zero attached hydrogens (tertiary/aromatic N) is 2. The van der Waals surface area contributed by atoms with Crippen molar-refractivity contribution in [3.8, 4) is 11.6 Å². The zero-order chi connectivity index (χ0) is 13.3. The fraction of sp³-hybridized carbons (Fsp3) is 0. The SMILES string of the molecule is Nc1ncnc(Oc2cc(Cl)c(Cl)cc2Cl)c1Cl. The minimum Gasteiger partial charge on any atom is -0.436 e. The van der Waals surface area contributed by atoms with Gasteiger partial charge in [0.05, 0.1) is 15.1 Å². The Kier molecular flexibility index (Phi) is 4.02. The van der Waals surface area contributed by atoms with Crippen molar-refractivity contribution in [2.75, 3.05) is 5.73 Å². The molecule has 0 aliphatic carbocycles. The Hall–Kier alpha value is -0.940. The molecule has 0 saturated heterocycles. The summed E-state index contributed by atoms with van der Waals surface area (Å²) in [5.41, 5.74) is 5.52. The highest BCUT2D eigenvalue weighted by Crippen LogP contribution is 2.38. The Labute approximate surface area is 123 Å². The van der Waals surface area contributed by atoms with Crippen LogP contribution in [0.2, 0.25) is 20.1 Å². The Morgan fingerprint density at radius 1 is 0.944 bits per heavy atom. The third-order valence-corrected chi connectivity index (χ3v) is 3.34. The number of anilines is 1. The molecule has 0 radical (unpaired) electrons. The first-order valence-electron chi connectivity index (χ1n) is 4.57. The molecule has 1 heterocycles. The molecule has 2 rings (SSSR count). The van der Waals surface area contributed by atoms with Crippen LogP contribution >= 0.6 is 46.4 Å². The molecule has 0 amide bonds. The molecule has 0 unspecified atom stereocenters. The summed E-state index contributed by atoms with van der Waals surface area (Å²) in [6.07, 6.45) is 1.22. The number of nitrogens with two attached hydrogens (primary N) is 1. The van der Waals surface area contributed by atoms with Crippen molar-refractivity contribution in [1.82, 2.24) is 9.97 Å². The number of nitrogen functional groups attached to an aromatic ring is 1. The van der Waals surface area contributed by atoms with Gasteiger partial charge in [0.1, 0.15) is 22.9 Å². The van der Waals surface area contributed by atoms with E-state index in [0.717, 1.165) is 0 Å². The van der Waals surface area contributed by atoms with Crippen LogP contribution < -0.4 is 10.5 Å². The van der Waals surface area contributed by atoms with E-state index in [1.54, 1.807) is 0 Å². The lowest BCUT2D eigenvalue weighted by Gasteiger charge is -2.09. The average Bonchev–Trinajstić information content (AvgIpc) is 2.32. The second kappa shape index (κ2) is 5.36. The van der Waals surface area contributed by atoms with Gasteiger partial charge in [0.25, 0.3) is 0 Å². The van der Waals surface area contributed by atoms with Crippen LogP contribution in [0.25, 0.3) is 0 Å². The van der Waals surface area contributed by atoms with Crippen LogP contribution in [-0.2, 0) is 0 Å². The number of hydrogen-bond acceptors (Lipinski definition) is 4. The zero-order valence-electron chi connectivity index (χ0n) is 8.62. The van der Waals surface area contributed by atoms with E-state index in [0.29, 0.717) is 10.0 Å². The maximum absolute atomic E-state index is 5.96. The highest BCUT2D eigenvalue weighted by molar-refractivity contribution is 6.43. The summed E-state index contributed by atoms with van der Waals surface area (Å²) in [6, 6.07) is 2.92. The minimum atomic E-state index is 0.0875. The van der Waals surface area contributed by atoms with Crippen LogP contribution in [0.1, 0.15) is 0 Å². The molecular weight excluding hydrogens is 320 g/mol. The van der Waals surface area contributed by atoms with Gasteiger partial charge in [0, 0.05) is 6.07 Å². The maximum atomic E-state index is 5.96. The first-order chi connectivity index (χ1) is 8.49. The number of halogens is 4. The van der Waals surface area contributed by atoms with Crippen molar-refractivity contribution in [3.63, 3.8) is 0 Å². The van der Waals surface area contributed by atoms with Gasteiger partial charge in [-0.25, -0.2) is 4.98 Å². The number of rotatable bonds is 2. The third-order valence-electron chi connectivity index (χ3n) is 1.97. The van der Waals surface area contributed by atoms with E-state index in [9.17, 15) is 0 Å². The summed E-state index contributed by atoms with van der Waals surface area (Å²) in [6.45, 7) is 0. The molecule has 0 spiro atoms. The van der Waals surface area contributed by atoms with Crippen LogP contribution in [0.3, 0.4) is 0 Å². The standard InChI is InChI=1S/C10H5Cl4N3O/c11-4-1-6(13)7(2-5(4)12)18-10-8(14)9(15)16-3-17-10/h1-3H,(H2,15,16,17). The lowest BCUT2D eigenvalue weighted by Crippen LogP contribution is -1.96. The average molecular weight is 325 g/mol. The zero-order valence-corrected chi connectivity index (χ0v) is 11.6. The molecule has 8 heteroatoms. The summed E-state index contributed by atoms with van der Waals surface area (Å²) in [5, 5.41) is 0.994. The summed E-state index contributed by atoms with van der Waals surface area (Å²) in [4.78, 5) is 7.56. The molecule has 2 N–H and O–H groups in total. The van der Waals surface area contributed by atoms with Crippen molar-refractivity contribution in [2.45, 2.75) is 0 Å². The summed E-state index contributed by atoms with van der Waals surface area (Å²) < 4.78 is 5.42. The first-order valence-corrected chi connectivity index (χ1v) is 6.08. The van der Waals surface area contributed by atoms with Gasteiger partial charge in [-0.15, -0.1) is 0 Å². The van der Waals surface area contributed by atoms with Gasteiger partial charge in [0.15, 0.2) is 0 Å². The summed E-state index contributed by atoms with van der Waals surface area (Å²) in [7, 11) is 0. The Bertz CT molecular complexity index is 606. The predicted molar refractivity (Wildman–Crippen MR) is 73.0 cm³/mol. The van der Waals surface area contributed by atoms with Gasteiger partial charge in [-0.1, -0.05) is 46.4 Å². The molecule has 18 heavy (non-hydrogen) atoms. The molecule has 0 aliphatic heterocycles. The van der Waals surface area contributed by atoms with Crippen LogP contribution in [0.4, 0.5) is 5.82 Å². The number of aromatic nitrogens is 2. The van der Waals surface area contributed by atoms with Crippen LogP contribution in [-0.4, -0.2) is 9.97 Å². The Morgan fingerprint density at radius 2 is 1.61 bits per heavy atom. The van der Waals surface area contributed by atoms with E-state index in [1.807, 2.05) is 0 Å². The molecule has 4 nitrogen and oxygen atoms in total. The normalized spacial score (nSPS) is 10.4. The Morgan fingerprint density at radius 3 is 2.33 bits per heavy atom. The van der Waals surface area contributed by atoms with Gasteiger partial charge >= 0.3 is 0 Å². The van der Waals surface area contributed by atoms with Crippen LogP contribution in [0, 0.1) is 0 Å². The highest BCUT2D eigenvalue weighted by atomic mass is 35.5. The van der Waals surface area contributed by atoms with Crippen molar-refractivity contribution >= 4 is 52.2 Å². The van der Waals surface area contributed by atoms with Gasteiger partial charge in [0.2, 0.25) is 5.88 Å². The molecule has 1 aromatic heterocycles. The molecule has 2 aromatic rings. The lowest BCUT2D eigenvalue weighted by atomic mass is 10.3. The van der Waals surface area contributed by atoms with Crippen molar-refractivity contribution < 1.29 is 4.74 Å². The molecule has 0 aliphatic rings. The van der Waals surface area contributed by atoms with Crippen molar-refractivity contribution in [1.29, 1.82) is 0 Å². The second-order valence-electron chi connectivity index (χ2n) is 3.18. The van der Waals surface area contributed by atoms with Gasteiger partial charge in [-0.05, 0) is 6.07 Å². The van der Waals surface area contributed by atoms with E-state index in [4.69, 9.17) is 56.9 Å². The number of ether oxygens (including phenoxy) is 1. The van der Waals surface area contributed by atoms with Crippen LogP contribution in [0.5, 0.6) is 11.6 Å². The molecule has 0 fully saturated rings. The summed E-state index contributed by atoms with van der Waals surface area (Å²) >= 11 is 23.5. The topological polar surface area (TPSA) is 61.0 Å². The molecule has 94 valence electrons. The molecule has 0 atom stereocenters. The van der Waals surface area contributed by atoms with Gasteiger partial charge in [-0.3, -0.25) is 0 Å². The smallest absolute Gasteiger partial charge is 0.243 e. The quantitative estimate of drug-likeness (QED) is 0.828. The highest BCUT2D eigenvalue weighted by Gasteiger charge is 2.13. The van der Waals surface area contributed by atoms with Crippen molar-refractivity contribution in [2.24, 2.45) is 0 Å². The van der Waals surface area contributed by atoms with E-state index in [2.05, 4.69) is 9.97 Å². The van der Waals surface area contributed by atoms with E-state index in [1.165, 1.54) is 18.5 Å². The predicted octanol–water partition coefficient (Wildman–Crippen LogP) is 4.46. The number of benzene rings is 1. The second-order valence-corrected chi connectivity index (χ2v) is 4.78. The van der Waals surface area contributed by atoms with E-state index < -0.39 is 0 Å². The molecule has 0 saturated carbocycles. The molecule has 1 aromatic carbocycles. The lowest BCUT2D eigenvalue weighted by molar-refractivity contribution is 0.462. The number of hydrogen-bond donors (Lipinski definition) is 1. The maximum Gasteiger partial charge on any atom is 0.243 e. The fourth-order valence-electron chi connectivity index (χ4n) is 1.12. The minimum absolute atomic E-state index is 0.0875. The van der Waals surface area contributed by atoms with Crippen molar-refractivity contribution in [3.05, 3.63) is 38.6 Å². The fourth-order valence-corrected chi connectivity index (χ4v) is 1.84. The molecular formula is C10H5Cl4N3O. The van der Waals surface area contributed by atoms with Gasteiger partial charge < -0.3 is 10.5 Å². The van der Waals surface area contributed by atoms with E-state index >= 15 is 0 Å². The Balaban J connectivity index is 2.40. The largest absolute Gasteiger partial charge is 0.436 e. The summed E-state index contributed by atoms with van der Waals surface area (Å²) in [5.74, 6) is 0.466.